The molecule has 0 spiro atoms. The van der Waals surface area contributed by atoms with Crippen LogP contribution in [0.1, 0.15) is 11.6 Å². The molecule has 13 heavy (non-hydrogen) atoms. The quantitative estimate of drug-likeness (QED) is 0.783. The summed E-state index contributed by atoms with van der Waals surface area (Å²) < 4.78 is 13.4. The summed E-state index contributed by atoms with van der Waals surface area (Å²) in [6.07, 6.45) is 0. The number of likely N-dealkylation sites (N-methyl/N-ethyl adjacent to an activating group) is 1. The Morgan fingerprint density at radius 1 is 1.62 bits per heavy atom. The third-order valence-electron chi connectivity index (χ3n) is 1.94. The number of nitrogens with two attached hydrogens (primary N) is 1. The molecule has 0 aliphatic carbocycles. The van der Waals surface area contributed by atoms with E-state index in [2.05, 4.69) is 5.32 Å². The van der Waals surface area contributed by atoms with Crippen LogP contribution in [-0.2, 0) is 0 Å². The van der Waals surface area contributed by atoms with Crippen molar-refractivity contribution in [1.29, 1.82) is 0 Å². The summed E-state index contributed by atoms with van der Waals surface area (Å²) in [5.41, 5.74) is 5.97. The summed E-state index contributed by atoms with van der Waals surface area (Å²) in [4.78, 5) is 0. The van der Waals surface area contributed by atoms with Gasteiger partial charge in [0.15, 0.2) is 0 Å². The molecule has 3 N–H and O–H groups in total. The van der Waals surface area contributed by atoms with Gasteiger partial charge in [0.25, 0.3) is 0 Å². The minimum absolute atomic E-state index is 0.131. The van der Waals surface area contributed by atoms with Gasteiger partial charge in [0.2, 0.25) is 0 Å². The molecule has 0 aromatic heterocycles. The predicted molar refractivity (Wildman–Crippen MR) is 52.3 cm³/mol. The van der Waals surface area contributed by atoms with E-state index in [9.17, 15) is 4.39 Å². The van der Waals surface area contributed by atoms with Gasteiger partial charge in [-0.05, 0) is 13.1 Å². The molecule has 1 atom stereocenters. The van der Waals surface area contributed by atoms with Crippen molar-refractivity contribution in [2.24, 2.45) is 5.73 Å². The lowest BCUT2D eigenvalue weighted by atomic mass is 10.1. The van der Waals surface area contributed by atoms with Crippen LogP contribution in [0.25, 0.3) is 0 Å². The van der Waals surface area contributed by atoms with Crippen molar-refractivity contribution < 1.29 is 4.39 Å². The Kier molecular flexibility index (Phi) is 3.66. The van der Waals surface area contributed by atoms with Crippen LogP contribution in [0, 0.1) is 5.82 Å². The Balaban J connectivity index is 3.05. The van der Waals surface area contributed by atoms with Crippen LogP contribution >= 0.6 is 11.6 Å². The number of rotatable bonds is 3. The number of benzene rings is 1. The lowest BCUT2D eigenvalue weighted by Crippen LogP contribution is -2.25. The molecule has 1 unspecified atom stereocenters. The standard InChI is InChI=1S/C9H12ClFN2/c1-13-8(5-12)6-3-2-4-7(10)9(6)11/h2-4,8,13H,5,12H2,1H3. The topological polar surface area (TPSA) is 38.0 Å². The fourth-order valence-electron chi connectivity index (χ4n) is 1.19. The fraction of sp³-hybridized carbons (Fsp3) is 0.333. The maximum atomic E-state index is 13.4. The third-order valence-corrected chi connectivity index (χ3v) is 2.23. The van der Waals surface area contributed by atoms with Crippen molar-refractivity contribution in [3.63, 3.8) is 0 Å². The molecule has 0 aliphatic rings. The van der Waals surface area contributed by atoms with Crippen LogP contribution in [0.5, 0.6) is 0 Å². The minimum atomic E-state index is -0.394. The zero-order chi connectivity index (χ0) is 9.84. The van der Waals surface area contributed by atoms with Gasteiger partial charge in [-0.25, -0.2) is 4.39 Å². The first kappa shape index (κ1) is 10.4. The molecule has 1 rings (SSSR count). The Bertz CT molecular complexity index is 287. The summed E-state index contributed by atoms with van der Waals surface area (Å²) in [5, 5.41) is 3.04. The number of hydrogen-bond donors (Lipinski definition) is 2. The van der Waals surface area contributed by atoms with E-state index in [1.54, 1.807) is 19.2 Å². The van der Waals surface area contributed by atoms with Gasteiger partial charge in [-0.3, -0.25) is 0 Å². The first-order valence-electron chi connectivity index (χ1n) is 4.02. The van der Waals surface area contributed by atoms with E-state index in [1.807, 2.05) is 0 Å². The first-order valence-corrected chi connectivity index (χ1v) is 4.39. The number of nitrogens with one attached hydrogen (secondary N) is 1. The highest BCUT2D eigenvalue weighted by molar-refractivity contribution is 6.30. The van der Waals surface area contributed by atoms with Crippen molar-refractivity contribution >= 4 is 11.6 Å². The SMILES string of the molecule is CNC(CN)c1cccc(Cl)c1F. The molecule has 0 aliphatic heterocycles. The summed E-state index contributed by atoms with van der Waals surface area (Å²) in [6, 6.07) is 4.72. The monoisotopic (exact) mass is 202 g/mol. The number of halogens is 2. The zero-order valence-electron chi connectivity index (χ0n) is 7.35. The minimum Gasteiger partial charge on any atom is -0.329 e. The van der Waals surface area contributed by atoms with E-state index in [0.717, 1.165) is 0 Å². The van der Waals surface area contributed by atoms with Gasteiger partial charge in [0, 0.05) is 18.2 Å². The van der Waals surface area contributed by atoms with Crippen molar-refractivity contribution in [3.05, 3.63) is 34.6 Å². The van der Waals surface area contributed by atoms with Gasteiger partial charge >= 0.3 is 0 Å². The van der Waals surface area contributed by atoms with Crippen LogP contribution in [0.15, 0.2) is 18.2 Å². The molecule has 0 heterocycles. The van der Waals surface area contributed by atoms with Gasteiger partial charge in [-0.15, -0.1) is 0 Å². The highest BCUT2D eigenvalue weighted by atomic mass is 35.5. The van der Waals surface area contributed by atoms with E-state index in [1.165, 1.54) is 6.07 Å². The van der Waals surface area contributed by atoms with Crippen LogP contribution < -0.4 is 11.1 Å². The molecule has 4 heteroatoms. The second-order valence-corrected chi connectivity index (χ2v) is 3.13. The molecule has 0 bridgehead atoms. The van der Waals surface area contributed by atoms with Crippen molar-refractivity contribution in [3.8, 4) is 0 Å². The Labute approximate surface area is 81.9 Å². The first-order chi connectivity index (χ1) is 6.20. The molecular formula is C9H12ClFN2. The van der Waals surface area contributed by atoms with Crippen LogP contribution in [0.4, 0.5) is 4.39 Å². The average molecular weight is 203 g/mol. The molecule has 1 aromatic carbocycles. The van der Waals surface area contributed by atoms with E-state index < -0.39 is 5.82 Å². The molecule has 1 aromatic rings. The van der Waals surface area contributed by atoms with Gasteiger partial charge in [0.05, 0.1) is 5.02 Å². The molecule has 2 nitrogen and oxygen atoms in total. The second-order valence-electron chi connectivity index (χ2n) is 2.72. The lowest BCUT2D eigenvalue weighted by Gasteiger charge is -2.15. The second kappa shape index (κ2) is 4.56. The van der Waals surface area contributed by atoms with E-state index in [0.29, 0.717) is 12.1 Å². The maximum Gasteiger partial charge on any atom is 0.146 e. The predicted octanol–water partition coefficient (Wildman–Crippen LogP) is 1.70. The molecule has 0 radical (unpaired) electrons. The van der Waals surface area contributed by atoms with E-state index in [-0.39, 0.29) is 11.1 Å². The van der Waals surface area contributed by atoms with Crippen molar-refractivity contribution in [1.82, 2.24) is 5.32 Å². The normalized spacial score (nSPS) is 12.9. The molecule has 0 fully saturated rings. The lowest BCUT2D eigenvalue weighted by molar-refractivity contribution is 0.542. The molecule has 72 valence electrons. The van der Waals surface area contributed by atoms with Crippen LogP contribution in [0.2, 0.25) is 5.02 Å². The van der Waals surface area contributed by atoms with Crippen LogP contribution in [-0.4, -0.2) is 13.6 Å². The molecular weight excluding hydrogens is 191 g/mol. The molecule has 0 amide bonds. The molecule has 0 saturated heterocycles. The van der Waals surface area contributed by atoms with Crippen LogP contribution in [0.3, 0.4) is 0 Å². The summed E-state index contributed by atoms with van der Waals surface area (Å²) in [7, 11) is 1.73. The molecule has 0 saturated carbocycles. The number of hydrogen-bond acceptors (Lipinski definition) is 2. The third kappa shape index (κ3) is 2.18. The summed E-state index contributed by atoms with van der Waals surface area (Å²) in [5.74, 6) is -0.394. The largest absolute Gasteiger partial charge is 0.329 e. The smallest absolute Gasteiger partial charge is 0.146 e. The van der Waals surface area contributed by atoms with Gasteiger partial charge in [0.1, 0.15) is 5.82 Å². The van der Waals surface area contributed by atoms with Gasteiger partial charge < -0.3 is 11.1 Å². The Morgan fingerprint density at radius 2 is 2.31 bits per heavy atom. The van der Waals surface area contributed by atoms with Crippen molar-refractivity contribution in [2.45, 2.75) is 6.04 Å². The van der Waals surface area contributed by atoms with E-state index in [4.69, 9.17) is 17.3 Å². The fourth-order valence-corrected chi connectivity index (χ4v) is 1.37. The Hall–Kier alpha value is -0.640. The van der Waals surface area contributed by atoms with E-state index >= 15 is 0 Å². The highest BCUT2D eigenvalue weighted by Gasteiger charge is 2.13. The maximum absolute atomic E-state index is 13.4. The summed E-state index contributed by atoms with van der Waals surface area (Å²) in [6.45, 7) is 0.341. The highest BCUT2D eigenvalue weighted by Crippen LogP contribution is 2.22. The average Bonchev–Trinajstić information content (AvgIpc) is 2.14. The summed E-state index contributed by atoms with van der Waals surface area (Å²) >= 11 is 5.63. The van der Waals surface area contributed by atoms with Crippen molar-refractivity contribution in [2.75, 3.05) is 13.6 Å². The van der Waals surface area contributed by atoms with Gasteiger partial charge in [-0.1, -0.05) is 23.7 Å². The zero-order valence-corrected chi connectivity index (χ0v) is 8.11. The van der Waals surface area contributed by atoms with Gasteiger partial charge in [-0.2, -0.15) is 0 Å². The Morgan fingerprint density at radius 3 is 2.85 bits per heavy atom.